The molecule has 3 amide bonds. The second kappa shape index (κ2) is 11.1. The fourth-order valence-corrected chi connectivity index (χ4v) is 4.10. The zero-order chi connectivity index (χ0) is 23.9. The smallest absolute Gasteiger partial charge is 0.326 e. The van der Waals surface area contributed by atoms with Crippen LogP contribution in [0.5, 0.6) is 11.8 Å². The Morgan fingerprint density at radius 2 is 1.79 bits per heavy atom. The molecule has 1 saturated heterocycles. The van der Waals surface area contributed by atoms with Crippen molar-refractivity contribution in [2.45, 2.75) is 32.6 Å². The first-order valence-electron chi connectivity index (χ1n) is 11.3. The fraction of sp³-hybridized carbons (Fsp3) is 0.280. The van der Waals surface area contributed by atoms with Gasteiger partial charge in [0.15, 0.2) is 0 Å². The standard InChI is InChI=1S/C25H26BrN5O3/c1-2-17-14-19(10-11-22(17)34-25-27-15-18(26)16-28-25)29-24(33)30-23(32)20-8-4-5-9-21(20)31-12-6-3-7-13-31/h4-5,8-11,14-16H,2-3,6-7,12-13H2,1H3,(H2,29,30,32,33). The van der Waals surface area contributed by atoms with E-state index in [-0.39, 0.29) is 6.01 Å². The minimum absolute atomic E-state index is 0.231. The minimum Gasteiger partial charge on any atom is -0.424 e. The van der Waals surface area contributed by atoms with Crippen LogP contribution in [0.25, 0.3) is 0 Å². The summed E-state index contributed by atoms with van der Waals surface area (Å²) in [6.45, 7) is 3.81. The predicted octanol–water partition coefficient (Wildman–Crippen LogP) is 5.55. The molecule has 34 heavy (non-hydrogen) atoms. The Labute approximate surface area is 206 Å². The van der Waals surface area contributed by atoms with E-state index in [0.29, 0.717) is 23.4 Å². The third kappa shape index (κ3) is 5.91. The van der Waals surface area contributed by atoms with Gasteiger partial charge in [-0.15, -0.1) is 0 Å². The lowest BCUT2D eigenvalue weighted by atomic mass is 10.1. The molecule has 1 aliphatic rings. The number of piperidine rings is 1. The number of rotatable bonds is 6. The average molecular weight is 524 g/mol. The van der Waals surface area contributed by atoms with Gasteiger partial charge in [0.2, 0.25) is 0 Å². The van der Waals surface area contributed by atoms with Crippen LogP contribution in [0.15, 0.2) is 59.3 Å². The molecule has 0 bridgehead atoms. The third-order valence-electron chi connectivity index (χ3n) is 5.57. The highest BCUT2D eigenvalue weighted by Crippen LogP contribution is 2.27. The molecule has 1 aliphatic heterocycles. The number of urea groups is 1. The predicted molar refractivity (Wildman–Crippen MR) is 135 cm³/mol. The molecule has 1 fully saturated rings. The highest BCUT2D eigenvalue weighted by molar-refractivity contribution is 9.10. The first-order valence-corrected chi connectivity index (χ1v) is 12.1. The van der Waals surface area contributed by atoms with Crippen molar-refractivity contribution in [2.24, 2.45) is 0 Å². The number of carbonyl (C=O) groups excluding carboxylic acids is 2. The number of benzene rings is 2. The van der Waals surface area contributed by atoms with Gasteiger partial charge in [-0.2, -0.15) is 0 Å². The number of halogens is 1. The Hall–Kier alpha value is -3.46. The van der Waals surface area contributed by atoms with Crippen molar-refractivity contribution in [1.29, 1.82) is 0 Å². The Morgan fingerprint density at radius 3 is 2.53 bits per heavy atom. The zero-order valence-corrected chi connectivity index (χ0v) is 20.5. The first kappa shape index (κ1) is 23.7. The normalized spacial score (nSPS) is 13.3. The van der Waals surface area contributed by atoms with Gasteiger partial charge in [-0.3, -0.25) is 10.1 Å². The van der Waals surface area contributed by atoms with E-state index in [1.807, 2.05) is 25.1 Å². The maximum absolute atomic E-state index is 12.9. The summed E-state index contributed by atoms with van der Waals surface area (Å²) in [6, 6.07) is 12.3. The van der Waals surface area contributed by atoms with Crippen molar-refractivity contribution in [3.8, 4) is 11.8 Å². The molecule has 0 aliphatic carbocycles. The van der Waals surface area contributed by atoms with Gasteiger partial charge < -0.3 is 15.0 Å². The van der Waals surface area contributed by atoms with Crippen molar-refractivity contribution in [3.63, 3.8) is 0 Å². The summed E-state index contributed by atoms with van der Waals surface area (Å²) in [5, 5.41) is 5.19. The summed E-state index contributed by atoms with van der Waals surface area (Å²) in [7, 11) is 0. The Morgan fingerprint density at radius 1 is 1.06 bits per heavy atom. The number of anilines is 2. The van der Waals surface area contributed by atoms with Crippen molar-refractivity contribution in [3.05, 3.63) is 70.5 Å². The zero-order valence-electron chi connectivity index (χ0n) is 18.9. The van der Waals surface area contributed by atoms with Gasteiger partial charge in [-0.25, -0.2) is 14.8 Å². The molecule has 0 unspecified atom stereocenters. The third-order valence-corrected chi connectivity index (χ3v) is 5.98. The van der Waals surface area contributed by atoms with Crippen LogP contribution in [0, 0.1) is 0 Å². The van der Waals surface area contributed by atoms with Crippen LogP contribution < -0.4 is 20.3 Å². The Bertz CT molecular complexity index is 1160. The van der Waals surface area contributed by atoms with Crippen LogP contribution in [0.1, 0.15) is 42.1 Å². The average Bonchev–Trinajstić information content (AvgIpc) is 2.86. The number of aromatic nitrogens is 2. The van der Waals surface area contributed by atoms with Crippen LogP contribution in [-0.4, -0.2) is 35.0 Å². The van der Waals surface area contributed by atoms with Gasteiger partial charge in [-0.1, -0.05) is 19.1 Å². The monoisotopic (exact) mass is 523 g/mol. The van der Waals surface area contributed by atoms with Crippen molar-refractivity contribution >= 4 is 39.2 Å². The van der Waals surface area contributed by atoms with E-state index in [9.17, 15) is 9.59 Å². The highest BCUT2D eigenvalue weighted by Gasteiger charge is 2.20. The van der Waals surface area contributed by atoms with Gasteiger partial charge in [-0.05, 0) is 77.5 Å². The molecule has 1 aromatic heterocycles. The van der Waals surface area contributed by atoms with E-state index in [0.717, 1.165) is 41.7 Å². The minimum atomic E-state index is -0.592. The lowest BCUT2D eigenvalue weighted by Crippen LogP contribution is -2.36. The number of nitrogens with one attached hydrogen (secondary N) is 2. The topological polar surface area (TPSA) is 96.5 Å². The molecule has 2 N–H and O–H groups in total. The van der Waals surface area contributed by atoms with Crippen molar-refractivity contribution < 1.29 is 14.3 Å². The van der Waals surface area contributed by atoms with Crippen LogP contribution in [-0.2, 0) is 6.42 Å². The number of ether oxygens (including phenoxy) is 1. The molecule has 3 aromatic rings. The van der Waals surface area contributed by atoms with E-state index >= 15 is 0 Å². The maximum Gasteiger partial charge on any atom is 0.326 e. The number of imide groups is 1. The fourth-order valence-electron chi connectivity index (χ4n) is 3.89. The summed E-state index contributed by atoms with van der Waals surface area (Å²) >= 11 is 3.29. The van der Waals surface area contributed by atoms with E-state index in [2.05, 4.69) is 41.4 Å². The van der Waals surface area contributed by atoms with Crippen LogP contribution in [0.3, 0.4) is 0 Å². The van der Waals surface area contributed by atoms with Crippen LogP contribution >= 0.6 is 15.9 Å². The molecular weight excluding hydrogens is 498 g/mol. The van der Waals surface area contributed by atoms with Gasteiger partial charge in [0.25, 0.3) is 5.91 Å². The lowest BCUT2D eigenvalue weighted by molar-refractivity contribution is 0.0967. The number of para-hydroxylation sites is 1. The first-order chi connectivity index (χ1) is 16.5. The van der Waals surface area contributed by atoms with Gasteiger partial charge >= 0.3 is 12.0 Å². The second-order valence-corrected chi connectivity index (χ2v) is 8.85. The number of nitrogens with zero attached hydrogens (tertiary/aromatic N) is 3. The molecule has 4 rings (SSSR count). The molecule has 9 heteroatoms. The molecule has 2 heterocycles. The van der Waals surface area contributed by atoms with Gasteiger partial charge in [0, 0.05) is 36.9 Å². The summed E-state index contributed by atoms with van der Waals surface area (Å²) in [4.78, 5) is 35.9. The van der Waals surface area contributed by atoms with E-state index in [4.69, 9.17) is 4.74 Å². The second-order valence-electron chi connectivity index (χ2n) is 7.94. The SMILES string of the molecule is CCc1cc(NC(=O)NC(=O)c2ccccc2N2CCCCC2)ccc1Oc1ncc(Br)cn1. The molecule has 0 atom stereocenters. The Balaban J connectivity index is 1.42. The lowest BCUT2D eigenvalue weighted by Gasteiger charge is -2.30. The quantitative estimate of drug-likeness (QED) is 0.439. The number of hydrogen-bond acceptors (Lipinski definition) is 6. The van der Waals surface area contributed by atoms with Crippen LogP contribution in [0.2, 0.25) is 0 Å². The highest BCUT2D eigenvalue weighted by atomic mass is 79.9. The number of amides is 3. The number of carbonyl (C=O) groups is 2. The van der Waals surface area contributed by atoms with E-state index < -0.39 is 11.9 Å². The molecule has 0 saturated carbocycles. The van der Waals surface area contributed by atoms with E-state index in [1.54, 1.807) is 36.7 Å². The van der Waals surface area contributed by atoms with Crippen LogP contribution in [0.4, 0.5) is 16.2 Å². The summed E-state index contributed by atoms with van der Waals surface area (Å²) in [5.41, 5.74) is 2.77. The summed E-state index contributed by atoms with van der Waals surface area (Å²) in [6.07, 6.45) is 7.29. The number of hydrogen-bond donors (Lipinski definition) is 2. The van der Waals surface area contributed by atoms with Crippen molar-refractivity contribution in [2.75, 3.05) is 23.3 Å². The molecule has 0 spiro atoms. The summed E-state index contributed by atoms with van der Waals surface area (Å²) in [5.74, 6) is 0.170. The largest absolute Gasteiger partial charge is 0.424 e. The summed E-state index contributed by atoms with van der Waals surface area (Å²) < 4.78 is 6.54. The Kier molecular flexibility index (Phi) is 7.74. The number of aryl methyl sites for hydroxylation is 1. The maximum atomic E-state index is 12.9. The van der Waals surface area contributed by atoms with E-state index in [1.165, 1.54) is 6.42 Å². The molecule has 2 aromatic carbocycles. The van der Waals surface area contributed by atoms with Crippen molar-refractivity contribution in [1.82, 2.24) is 15.3 Å². The molecular formula is C25H26BrN5O3. The van der Waals surface area contributed by atoms with Gasteiger partial charge in [0.05, 0.1) is 10.0 Å². The molecule has 0 radical (unpaired) electrons. The molecule has 8 nitrogen and oxygen atoms in total. The van der Waals surface area contributed by atoms with Gasteiger partial charge in [0.1, 0.15) is 5.75 Å². The molecule has 176 valence electrons.